The van der Waals surface area contributed by atoms with Crippen molar-refractivity contribution >= 4 is 11.6 Å². The van der Waals surface area contributed by atoms with E-state index in [2.05, 4.69) is 4.90 Å². The number of hydrogen-bond acceptors (Lipinski definition) is 4. The number of rotatable bonds is 3. The molecular formula is C20H21N3O3. The molecule has 3 heterocycles. The molecule has 26 heavy (non-hydrogen) atoms. The number of benzene rings is 1. The number of aromatic nitrogens is 1. The Balaban J connectivity index is 1.56. The van der Waals surface area contributed by atoms with Crippen molar-refractivity contribution in [1.29, 1.82) is 0 Å². The summed E-state index contributed by atoms with van der Waals surface area (Å²) in [6.45, 7) is 3.48. The topological polar surface area (TPSA) is 54.8 Å². The Labute approximate surface area is 151 Å². The van der Waals surface area contributed by atoms with Gasteiger partial charge in [-0.15, -0.1) is 0 Å². The molecule has 6 nitrogen and oxygen atoms in total. The second kappa shape index (κ2) is 7.17. The molecule has 134 valence electrons. The van der Waals surface area contributed by atoms with Gasteiger partial charge in [0, 0.05) is 43.3 Å². The van der Waals surface area contributed by atoms with Crippen molar-refractivity contribution in [2.75, 3.05) is 37.7 Å². The molecule has 0 unspecified atom stereocenters. The lowest BCUT2D eigenvalue weighted by atomic mass is 10.1. The maximum Gasteiger partial charge on any atom is 0.274 e. The second-order valence-corrected chi connectivity index (χ2v) is 6.36. The summed E-state index contributed by atoms with van der Waals surface area (Å²) in [5, 5.41) is 0. The van der Waals surface area contributed by atoms with Gasteiger partial charge < -0.3 is 14.5 Å². The molecule has 4 rings (SSSR count). The van der Waals surface area contributed by atoms with Gasteiger partial charge in [0.2, 0.25) is 0 Å². The standard InChI is InChI=1S/C20H21N3O3/c24-19-5-1-2-10-22(19)16-6-8-17(9-7-16)23-11-3-4-18(20(23)25)21-12-14-26-15-13-21/h1-2,4-10H,3,11-15H2. The minimum Gasteiger partial charge on any atom is -0.378 e. The molecular weight excluding hydrogens is 330 g/mol. The van der Waals surface area contributed by atoms with E-state index in [4.69, 9.17) is 4.74 Å². The second-order valence-electron chi connectivity index (χ2n) is 6.36. The number of anilines is 1. The van der Waals surface area contributed by atoms with Crippen LogP contribution in [0.1, 0.15) is 6.42 Å². The summed E-state index contributed by atoms with van der Waals surface area (Å²) >= 11 is 0. The first-order valence-corrected chi connectivity index (χ1v) is 8.87. The van der Waals surface area contributed by atoms with Crippen molar-refractivity contribution in [3.8, 4) is 5.69 Å². The molecule has 1 fully saturated rings. The van der Waals surface area contributed by atoms with Crippen molar-refractivity contribution in [3.63, 3.8) is 0 Å². The SMILES string of the molecule is O=C1C(N2CCOCC2)=CCCN1c1ccc(-n2ccccc2=O)cc1. The van der Waals surface area contributed by atoms with E-state index in [9.17, 15) is 9.59 Å². The molecule has 2 aromatic rings. The fourth-order valence-electron chi connectivity index (χ4n) is 3.41. The Morgan fingerprint density at radius 1 is 0.846 bits per heavy atom. The zero-order chi connectivity index (χ0) is 17.9. The van der Waals surface area contributed by atoms with Crippen molar-refractivity contribution in [2.45, 2.75) is 6.42 Å². The molecule has 0 atom stereocenters. The first-order chi connectivity index (χ1) is 12.7. The normalized spacial score (nSPS) is 18.0. The smallest absolute Gasteiger partial charge is 0.274 e. The zero-order valence-electron chi connectivity index (χ0n) is 14.5. The van der Waals surface area contributed by atoms with Crippen molar-refractivity contribution in [1.82, 2.24) is 9.47 Å². The maximum absolute atomic E-state index is 13.0. The van der Waals surface area contributed by atoms with Crippen LogP contribution < -0.4 is 10.5 Å². The Morgan fingerprint density at radius 2 is 1.58 bits per heavy atom. The molecule has 6 heteroatoms. The van der Waals surface area contributed by atoms with Gasteiger partial charge in [0.25, 0.3) is 11.5 Å². The molecule has 0 aliphatic carbocycles. The summed E-state index contributed by atoms with van der Waals surface area (Å²) in [5.74, 6) is 0.0304. The lowest BCUT2D eigenvalue weighted by molar-refractivity contribution is -0.117. The van der Waals surface area contributed by atoms with E-state index in [0.29, 0.717) is 19.8 Å². The highest BCUT2D eigenvalue weighted by atomic mass is 16.5. The summed E-state index contributed by atoms with van der Waals surface area (Å²) < 4.78 is 6.96. The summed E-state index contributed by atoms with van der Waals surface area (Å²) in [6.07, 6.45) is 4.60. The van der Waals surface area contributed by atoms with E-state index in [0.717, 1.165) is 36.6 Å². The number of carbonyl (C=O) groups excluding carboxylic acids is 1. The van der Waals surface area contributed by atoms with Crippen LogP contribution in [0, 0.1) is 0 Å². The van der Waals surface area contributed by atoms with Crippen LogP contribution in [0.4, 0.5) is 5.69 Å². The summed E-state index contributed by atoms with van der Waals surface area (Å²) in [7, 11) is 0. The highest BCUT2D eigenvalue weighted by Crippen LogP contribution is 2.24. The van der Waals surface area contributed by atoms with E-state index >= 15 is 0 Å². The number of pyridine rings is 1. The Hall–Kier alpha value is -2.86. The molecule has 0 radical (unpaired) electrons. The van der Waals surface area contributed by atoms with Crippen LogP contribution >= 0.6 is 0 Å². The third-order valence-corrected chi connectivity index (χ3v) is 4.77. The fourth-order valence-corrected chi connectivity index (χ4v) is 3.41. The number of nitrogens with zero attached hydrogens (tertiary/aromatic N) is 3. The van der Waals surface area contributed by atoms with Crippen LogP contribution in [-0.4, -0.2) is 48.2 Å². The number of carbonyl (C=O) groups is 1. The van der Waals surface area contributed by atoms with Gasteiger partial charge in [0.1, 0.15) is 0 Å². The van der Waals surface area contributed by atoms with Crippen LogP contribution in [0.5, 0.6) is 0 Å². The monoisotopic (exact) mass is 351 g/mol. The van der Waals surface area contributed by atoms with Gasteiger partial charge in [0.15, 0.2) is 0 Å². The average Bonchev–Trinajstić information content (AvgIpc) is 2.69. The van der Waals surface area contributed by atoms with Gasteiger partial charge in [-0.2, -0.15) is 0 Å². The van der Waals surface area contributed by atoms with Crippen molar-refractivity contribution in [2.24, 2.45) is 0 Å². The number of morpholine rings is 1. The number of amides is 1. The molecule has 0 bridgehead atoms. The molecule has 0 spiro atoms. The molecule has 2 aliphatic heterocycles. The van der Waals surface area contributed by atoms with E-state index in [1.54, 1.807) is 16.8 Å². The first kappa shape index (κ1) is 16.6. The molecule has 0 saturated carbocycles. The maximum atomic E-state index is 13.0. The van der Waals surface area contributed by atoms with Crippen LogP contribution in [0.25, 0.3) is 5.69 Å². The number of ether oxygens (including phenoxy) is 1. The van der Waals surface area contributed by atoms with Crippen LogP contribution in [0.3, 0.4) is 0 Å². The lowest BCUT2D eigenvalue weighted by Gasteiger charge is -2.35. The quantitative estimate of drug-likeness (QED) is 0.846. The van der Waals surface area contributed by atoms with E-state index in [1.807, 2.05) is 41.3 Å². The van der Waals surface area contributed by atoms with Gasteiger partial charge in [-0.25, -0.2) is 0 Å². The molecule has 2 aliphatic rings. The highest BCUT2D eigenvalue weighted by Gasteiger charge is 2.28. The van der Waals surface area contributed by atoms with Crippen molar-refractivity contribution < 1.29 is 9.53 Å². The third kappa shape index (κ3) is 3.15. The van der Waals surface area contributed by atoms with Crippen LogP contribution in [-0.2, 0) is 9.53 Å². The fraction of sp³-hybridized carbons (Fsp3) is 0.300. The van der Waals surface area contributed by atoms with Crippen LogP contribution in [0.15, 0.2) is 65.2 Å². The summed E-state index contributed by atoms with van der Waals surface area (Å²) in [5.41, 5.74) is 2.32. The number of hydrogen-bond donors (Lipinski definition) is 0. The first-order valence-electron chi connectivity index (χ1n) is 8.87. The predicted octanol–water partition coefficient (Wildman–Crippen LogP) is 1.79. The largest absolute Gasteiger partial charge is 0.378 e. The Kier molecular flexibility index (Phi) is 4.58. The summed E-state index contributed by atoms with van der Waals surface area (Å²) in [4.78, 5) is 28.8. The lowest BCUT2D eigenvalue weighted by Crippen LogP contribution is -2.45. The molecule has 1 aromatic carbocycles. The van der Waals surface area contributed by atoms with E-state index in [-0.39, 0.29) is 11.5 Å². The predicted molar refractivity (Wildman–Crippen MR) is 99.5 cm³/mol. The highest BCUT2D eigenvalue weighted by molar-refractivity contribution is 6.06. The van der Waals surface area contributed by atoms with Gasteiger partial charge in [0.05, 0.1) is 18.9 Å². The minimum atomic E-state index is -0.0770. The van der Waals surface area contributed by atoms with Gasteiger partial charge >= 0.3 is 0 Å². The van der Waals surface area contributed by atoms with Crippen molar-refractivity contribution in [3.05, 3.63) is 70.8 Å². The molecule has 0 N–H and O–H groups in total. The van der Waals surface area contributed by atoms with E-state index < -0.39 is 0 Å². The zero-order valence-corrected chi connectivity index (χ0v) is 14.5. The van der Waals surface area contributed by atoms with Gasteiger partial charge in [-0.05, 0) is 36.8 Å². The average molecular weight is 351 g/mol. The van der Waals surface area contributed by atoms with E-state index in [1.165, 1.54) is 6.07 Å². The minimum absolute atomic E-state index is 0.0304. The third-order valence-electron chi connectivity index (χ3n) is 4.77. The summed E-state index contributed by atoms with van der Waals surface area (Å²) in [6, 6.07) is 12.6. The Bertz CT molecular complexity index is 880. The molecule has 1 aromatic heterocycles. The van der Waals surface area contributed by atoms with Gasteiger partial charge in [-0.3, -0.25) is 14.2 Å². The van der Waals surface area contributed by atoms with Gasteiger partial charge in [-0.1, -0.05) is 12.1 Å². The Morgan fingerprint density at radius 3 is 2.31 bits per heavy atom. The molecule has 1 saturated heterocycles. The molecule has 1 amide bonds. The van der Waals surface area contributed by atoms with Crippen LogP contribution in [0.2, 0.25) is 0 Å².